The number of benzene rings is 3. The van der Waals surface area contributed by atoms with Crippen molar-refractivity contribution >= 4 is 11.6 Å². The van der Waals surface area contributed by atoms with Crippen molar-refractivity contribution in [1.29, 1.82) is 0 Å². The van der Waals surface area contributed by atoms with Crippen LogP contribution in [0.5, 0.6) is 0 Å². The largest absolute Gasteiger partial charge is 0.297 e. The van der Waals surface area contributed by atoms with Crippen LogP contribution in [0, 0.1) is 19.8 Å². The quantitative estimate of drug-likeness (QED) is 0.261. The highest BCUT2D eigenvalue weighted by Crippen LogP contribution is 2.39. The van der Waals surface area contributed by atoms with Gasteiger partial charge in [-0.15, -0.1) is 5.10 Å². The second-order valence-electron chi connectivity index (χ2n) is 11.1. The zero-order valence-electron chi connectivity index (χ0n) is 24.0. The lowest BCUT2D eigenvalue weighted by atomic mass is 9.84. The Hall–Kier alpha value is -4.13. The van der Waals surface area contributed by atoms with Crippen molar-refractivity contribution in [3.63, 3.8) is 0 Å². The molecular formula is C35H38N6. The summed E-state index contributed by atoms with van der Waals surface area (Å²) < 4.78 is 2.00. The van der Waals surface area contributed by atoms with Crippen LogP contribution in [0.3, 0.4) is 0 Å². The highest BCUT2D eigenvalue weighted by atomic mass is 15.6. The molecule has 1 unspecified atom stereocenters. The molecule has 2 heterocycles. The van der Waals surface area contributed by atoms with Crippen LogP contribution in [0.4, 0.5) is 0 Å². The zero-order chi connectivity index (χ0) is 28.0. The fourth-order valence-corrected chi connectivity index (χ4v) is 6.22. The Labute approximate surface area is 243 Å². The summed E-state index contributed by atoms with van der Waals surface area (Å²) in [6, 6.07) is 27.7. The molecule has 0 amide bonds. The van der Waals surface area contributed by atoms with Crippen molar-refractivity contribution in [1.82, 2.24) is 30.0 Å². The van der Waals surface area contributed by atoms with Gasteiger partial charge in [0, 0.05) is 38.6 Å². The Morgan fingerprint density at radius 2 is 1.56 bits per heavy atom. The third-order valence-corrected chi connectivity index (χ3v) is 8.34. The van der Waals surface area contributed by atoms with Gasteiger partial charge in [-0.25, -0.2) is 0 Å². The maximum atomic E-state index is 4.71. The van der Waals surface area contributed by atoms with Gasteiger partial charge in [0.1, 0.15) is 0 Å². The number of aromatic nitrogens is 4. The molecule has 2 atom stereocenters. The first-order valence-electron chi connectivity index (χ1n) is 14.6. The number of para-hydroxylation sites is 1. The second kappa shape index (κ2) is 12.6. The van der Waals surface area contributed by atoms with Crippen LogP contribution in [-0.4, -0.2) is 62.7 Å². The average Bonchev–Trinajstić information content (AvgIpc) is 3.48. The van der Waals surface area contributed by atoms with Crippen molar-refractivity contribution in [2.75, 3.05) is 32.7 Å². The molecule has 4 aromatic rings. The molecule has 0 radical (unpaired) electrons. The minimum absolute atomic E-state index is 0.0645. The minimum Gasteiger partial charge on any atom is -0.297 e. The van der Waals surface area contributed by atoms with E-state index in [1.54, 1.807) is 0 Å². The van der Waals surface area contributed by atoms with Gasteiger partial charge in [0.2, 0.25) is 0 Å². The fourth-order valence-electron chi connectivity index (χ4n) is 6.22. The lowest BCUT2D eigenvalue weighted by Crippen LogP contribution is -2.49. The number of tetrazole rings is 1. The van der Waals surface area contributed by atoms with Gasteiger partial charge in [0.05, 0.1) is 11.7 Å². The Balaban J connectivity index is 1.26. The number of aryl methyl sites for hydroxylation is 2. The molecule has 1 saturated heterocycles. The summed E-state index contributed by atoms with van der Waals surface area (Å²) in [6.07, 6.45) is 12.3. The molecule has 1 fully saturated rings. The standard InChI is InChI=1S/C35H38N6/c1-27-12-9-13-28(2)33(27)41-35(36-37-38-41)34(32-20-10-19-31(26-32)30-17-7-4-8-18-30)40-24-22-39(23-25-40)21-11-16-29-14-5-3-6-15-29/h3-20,32,34H,21-26H2,1-2H3/b16-11+/t32?,34-/m0/s1. The molecule has 0 N–H and O–H groups in total. The molecule has 2 aliphatic rings. The van der Waals surface area contributed by atoms with E-state index < -0.39 is 0 Å². The summed E-state index contributed by atoms with van der Waals surface area (Å²) >= 11 is 0. The summed E-state index contributed by atoms with van der Waals surface area (Å²) in [6.45, 7) is 9.20. The fraction of sp³-hybridized carbons (Fsp3) is 0.286. The number of hydrogen-bond donors (Lipinski definition) is 0. The molecule has 208 valence electrons. The van der Waals surface area contributed by atoms with Gasteiger partial charge in [-0.05, 0) is 58.5 Å². The predicted molar refractivity (Wildman–Crippen MR) is 167 cm³/mol. The number of rotatable bonds is 8. The Morgan fingerprint density at radius 1 is 0.854 bits per heavy atom. The van der Waals surface area contributed by atoms with Crippen LogP contribution < -0.4 is 0 Å². The van der Waals surface area contributed by atoms with Crippen molar-refractivity contribution in [2.24, 2.45) is 5.92 Å². The minimum atomic E-state index is 0.0645. The third kappa shape index (κ3) is 6.14. The first kappa shape index (κ1) is 27.1. The van der Waals surface area contributed by atoms with Crippen LogP contribution in [0.25, 0.3) is 17.3 Å². The second-order valence-corrected chi connectivity index (χ2v) is 11.1. The van der Waals surface area contributed by atoms with E-state index in [2.05, 4.69) is 143 Å². The van der Waals surface area contributed by atoms with E-state index >= 15 is 0 Å². The van der Waals surface area contributed by atoms with E-state index in [1.807, 2.05) is 4.68 Å². The van der Waals surface area contributed by atoms with E-state index in [0.29, 0.717) is 0 Å². The first-order chi connectivity index (χ1) is 20.2. The molecule has 3 aromatic carbocycles. The Bertz CT molecular complexity index is 1510. The summed E-state index contributed by atoms with van der Waals surface area (Å²) in [5.41, 5.74) is 7.33. The maximum Gasteiger partial charge on any atom is 0.174 e. The molecule has 41 heavy (non-hydrogen) atoms. The van der Waals surface area contributed by atoms with Gasteiger partial charge in [0.15, 0.2) is 5.82 Å². The SMILES string of the molecule is Cc1cccc(C)c1-n1nnnc1[C@H](C1C=CC=C(c2ccccc2)C1)N1CCN(C/C=C/c2ccccc2)CC1. The predicted octanol–water partition coefficient (Wildman–Crippen LogP) is 6.31. The van der Waals surface area contributed by atoms with Gasteiger partial charge < -0.3 is 0 Å². The van der Waals surface area contributed by atoms with Crippen LogP contribution in [0.1, 0.15) is 40.5 Å². The molecule has 1 aromatic heterocycles. The van der Waals surface area contributed by atoms with Gasteiger partial charge in [-0.1, -0.05) is 109 Å². The summed E-state index contributed by atoms with van der Waals surface area (Å²) in [4.78, 5) is 5.14. The number of piperazine rings is 1. The molecule has 6 nitrogen and oxygen atoms in total. The molecule has 1 aliphatic carbocycles. The van der Waals surface area contributed by atoms with Gasteiger partial charge in [-0.3, -0.25) is 9.80 Å². The van der Waals surface area contributed by atoms with E-state index in [0.717, 1.165) is 50.7 Å². The molecule has 6 rings (SSSR count). The van der Waals surface area contributed by atoms with Crippen molar-refractivity contribution < 1.29 is 0 Å². The number of allylic oxidation sites excluding steroid dienone is 3. The van der Waals surface area contributed by atoms with E-state index in [4.69, 9.17) is 5.10 Å². The summed E-state index contributed by atoms with van der Waals surface area (Å²) in [5.74, 6) is 1.18. The first-order valence-corrected chi connectivity index (χ1v) is 14.6. The summed E-state index contributed by atoms with van der Waals surface area (Å²) in [7, 11) is 0. The highest BCUT2D eigenvalue weighted by Gasteiger charge is 2.36. The smallest absolute Gasteiger partial charge is 0.174 e. The van der Waals surface area contributed by atoms with Crippen molar-refractivity contribution in [2.45, 2.75) is 26.3 Å². The zero-order valence-corrected chi connectivity index (χ0v) is 24.0. The monoisotopic (exact) mass is 542 g/mol. The van der Waals surface area contributed by atoms with E-state index in [9.17, 15) is 0 Å². The van der Waals surface area contributed by atoms with Crippen LogP contribution in [0.2, 0.25) is 0 Å². The van der Waals surface area contributed by atoms with Gasteiger partial charge >= 0.3 is 0 Å². The lowest BCUT2D eigenvalue weighted by molar-refractivity contribution is 0.0790. The van der Waals surface area contributed by atoms with Crippen molar-refractivity contribution in [3.05, 3.63) is 131 Å². The van der Waals surface area contributed by atoms with Gasteiger partial charge in [0.25, 0.3) is 0 Å². The molecule has 1 aliphatic heterocycles. The molecule has 6 heteroatoms. The Morgan fingerprint density at radius 3 is 2.29 bits per heavy atom. The topological polar surface area (TPSA) is 50.1 Å². The van der Waals surface area contributed by atoms with E-state index in [1.165, 1.54) is 27.8 Å². The van der Waals surface area contributed by atoms with Crippen LogP contribution >= 0.6 is 0 Å². The Kier molecular flexibility index (Phi) is 8.31. The van der Waals surface area contributed by atoms with E-state index in [-0.39, 0.29) is 12.0 Å². The van der Waals surface area contributed by atoms with Gasteiger partial charge in [-0.2, -0.15) is 4.68 Å². The summed E-state index contributed by atoms with van der Waals surface area (Å²) in [5, 5.41) is 13.5. The third-order valence-electron chi connectivity index (χ3n) is 8.34. The number of nitrogens with zero attached hydrogens (tertiary/aromatic N) is 6. The molecular weight excluding hydrogens is 504 g/mol. The van der Waals surface area contributed by atoms with Crippen LogP contribution in [0.15, 0.2) is 103 Å². The van der Waals surface area contributed by atoms with Crippen molar-refractivity contribution in [3.8, 4) is 5.69 Å². The lowest BCUT2D eigenvalue weighted by Gasteiger charge is -2.41. The average molecular weight is 543 g/mol. The normalized spacial score (nSPS) is 19.0. The molecule has 0 bridgehead atoms. The molecule has 0 saturated carbocycles. The highest BCUT2D eigenvalue weighted by molar-refractivity contribution is 5.68. The van der Waals surface area contributed by atoms with Crippen LogP contribution in [-0.2, 0) is 0 Å². The maximum absolute atomic E-state index is 4.71. The number of hydrogen-bond acceptors (Lipinski definition) is 5. The molecule has 0 spiro atoms.